The molecule has 32 heavy (non-hydrogen) atoms. The molecule has 0 saturated carbocycles. The average molecular weight is 482 g/mol. The van der Waals surface area contributed by atoms with E-state index in [1.54, 1.807) is 0 Å². The van der Waals surface area contributed by atoms with Crippen molar-refractivity contribution in [2.24, 2.45) is 0 Å². The lowest BCUT2D eigenvalue weighted by molar-refractivity contribution is -0.119. The van der Waals surface area contributed by atoms with Gasteiger partial charge in [0.25, 0.3) is 5.91 Å². The molecule has 3 rings (SSSR count). The fourth-order valence-electron chi connectivity index (χ4n) is 3.09. The third-order valence-electron chi connectivity index (χ3n) is 4.84. The lowest BCUT2D eigenvalue weighted by Crippen LogP contribution is -2.27. The van der Waals surface area contributed by atoms with Crippen LogP contribution in [0.5, 0.6) is 0 Å². The average Bonchev–Trinajstić information content (AvgIpc) is 3.34. The first-order chi connectivity index (χ1) is 15.1. The van der Waals surface area contributed by atoms with Crippen LogP contribution in [0.25, 0.3) is 0 Å². The number of carbonyl (C=O) groups excluding carboxylic acids is 2. The summed E-state index contributed by atoms with van der Waals surface area (Å²) in [5, 5.41) is 2.52. The monoisotopic (exact) mass is 481 g/mol. The van der Waals surface area contributed by atoms with Crippen LogP contribution >= 0.6 is 0 Å². The summed E-state index contributed by atoms with van der Waals surface area (Å²) in [5.74, 6) is -1.40. The predicted molar refractivity (Wildman–Crippen MR) is 116 cm³/mol. The zero-order valence-electron chi connectivity index (χ0n) is 17.3. The van der Waals surface area contributed by atoms with Gasteiger partial charge in [-0.1, -0.05) is 0 Å². The zero-order valence-corrected chi connectivity index (χ0v) is 18.9. The van der Waals surface area contributed by atoms with Gasteiger partial charge in [0.15, 0.2) is 6.61 Å². The van der Waals surface area contributed by atoms with Gasteiger partial charge in [-0.15, -0.1) is 0 Å². The first-order valence-electron chi connectivity index (χ1n) is 9.74. The molecule has 0 atom stereocenters. The zero-order chi connectivity index (χ0) is 23.4. The van der Waals surface area contributed by atoms with E-state index < -0.39 is 38.5 Å². The Morgan fingerprint density at radius 2 is 1.47 bits per heavy atom. The van der Waals surface area contributed by atoms with E-state index in [0.717, 1.165) is 12.8 Å². The number of nitrogens with one attached hydrogen (secondary N) is 2. The number of benzene rings is 2. The number of sulfonamides is 2. The topological polar surface area (TPSA) is 139 Å². The van der Waals surface area contributed by atoms with Crippen molar-refractivity contribution in [2.75, 3.05) is 32.1 Å². The Balaban J connectivity index is 1.54. The van der Waals surface area contributed by atoms with Crippen LogP contribution in [0.15, 0.2) is 58.3 Å². The van der Waals surface area contributed by atoms with Crippen molar-refractivity contribution in [3.05, 3.63) is 54.1 Å². The Morgan fingerprint density at radius 3 is 2.03 bits per heavy atom. The van der Waals surface area contributed by atoms with Crippen LogP contribution in [0.4, 0.5) is 5.69 Å². The second-order valence-corrected chi connectivity index (χ2v) is 10.8. The van der Waals surface area contributed by atoms with Gasteiger partial charge >= 0.3 is 5.97 Å². The highest BCUT2D eigenvalue weighted by atomic mass is 32.2. The summed E-state index contributed by atoms with van der Waals surface area (Å²) >= 11 is 0. The molecule has 2 aromatic carbocycles. The molecule has 0 bridgehead atoms. The fraction of sp³-hybridized carbons (Fsp3) is 0.300. The first kappa shape index (κ1) is 23.9. The minimum absolute atomic E-state index is 0.00974. The highest BCUT2D eigenvalue weighted by molar-refractivity contribution is 7.89. The van der Waals surface area contributed by atoms with Crippen molar-refractivity contribution in [2.45, 2.75) is 22.6 Å². The Labute approximate surface area is 186 Å². The number of hydrogen-bond donors (Lipinski definition) is 2. The molecule has 1 amide bonds. The van der Waals surface area contributed by atoms with Crippen LogP contribution in [-0.2, 0) is 29.6 Å². The second-order valence-electron chi connectivity index (χ2n) is 6.99. The van der Waals surface area contributed by atoms with Crippen LogP contribution in [0, 0.1) is 0 Å². The van der Waals surface area contributed by atoms with Crippen molar-refractivity contribution in [3.8, 4) is 0 Å². The molecule has 0 spiro atoms. The van der Waals surface area contributed by atoms with Crippen molar-refractivity contribution in [1.82, 2.24) is 9.03 Å². The lowest BCUT2D eigenvalue weighted by Gasteiger charge is -2.15. The van der Waals surface area contributed by atoms with Gasteiger partial charge in [-0.3, -0.25) is 4.79 Å². The molecule has 1 fully saturated rings. The molecule has 2 aromatic rings. The Bertz CT molecular complexity index is 1190. The minimum atomic E-state index is -3.62. The number of carbonyl (C=O) groups is 2. The smallest absolute Gasteiger partial charge is 0.338 e. The maximum atomic E-state index is 12.5. The normalized spacial score (nSPS) is 14.8. The van der Waals surface area contributed by atoms with E-state index in [4.69, 9.17) is 4.74 Å². The highest BCUT2D eigenvalue weighted by Crippen LogP contribution is 2.22. The van der Waals surface area contributed by atoms with Gasteiger partial charge in [-0.05, 0) is 68.4 Å². The third-order valence-corrected chi connectivity index (χ3v) is 8.19. The summed E-state index contributed by atoms with van der Waals surface area (Å²) in [6, 6.07) is 10.8. The van der Waals surface area contributed by atoms with E-state index in [2.05, 4.69) is 10.0 Å². The van der Waals surface area contributed by atoms with Crippen molar-refractivity contribution in [3.63, 3.8) is 0 Å². The number of esters is 1. The molecule has 10 nitrogen and oxygen atoms in total. The quantitative estimate of drug-likeness (QED) is 0.540. The summed E-state index contributed by atoms with van der Waals surface area (Å²) in [6.07, 6.45) is 1.68. The van der Waals surface area contributed by atoms with Crippen LogP contribution in [0.3, 0.4) is 0 Å². The maximum absolute atomic E-state index is 12.5. The summed E-state index contributed by atoms with van der Waals surface area (Å²) in [4.78, 5) is 24.3. The minimum Gasteiger partial charge on any atom is -0.452 e. The molecule has 12 heteroatoms. The van der Waals surface area contributed by atoms with Crippen LogP contribution in [0.1, 0.15) is 23.2 Å². The van der Waals surface area contributed by atoms with Gasteiger partial charge in [-0.25, -0.2) is 26.4 Å². The largest absolute Gasteiger partial charge is 0.452 e. The van der Waals surface area contributed by atoms with Gasteiger partial charge in [0.2, 0.25) is 20.0 Å². The molecule has 172 valence electrons. The van der Waals surface area contributed by atoms with Gasteiger partial charge in [0.05, 0.1) is 15.4 Å². The van der Waals surface area contributed by atoms with Gasteiger partial charge < -0.3 is 10.1 Å². The Kier molecular flexibility index (Phi) is 7.29. The summed E-state index contributed by atoms with van der Waals surface area (Å²) < 4.78 is 57.0. The number of anilines is 1. The molecule has 1 aliphatic heterocycles. The SMILES string of the molecule is CNS(=O)(=O)c1ccc(C(=O)OCC(=O)Nc2ccc(S(=O)(=O)N3CCCC3)cc2)cc1. The van der Waals surface area contributed by atoms with Gasteiger partial charge in [0, 0.05) is 18.8 Å². The Morgan fingerprint density at radius 1 is 0.906 bits per heavy atom. The van der Waals surface area contributed by atoms with Crippen LogP contribution < -0.4 is 10.0 Å². The van der Waals surface area contributed by atoms with E-state index in [-0.39, 0.29) is 15.4 Å². The first-order valence-corrected chi connectivity index (χ1v) is 12.7. The van der Waals surface area contributed by atoms with E-state index in [9.17, 15) is 26.4 Å². The van der Waals surface area contributed by atoms with E-state index in [1.165, 1.54) is 59.9 Å². The number of ether oxygens (including phenoxy) is 1. The standard InChI is InChI=1S/C20H23N3O7S2/c1-21-31(26,27)17-8-4-15(5-9-17)20(25)30-14-19(24)22-16-6-10-18(11-7-16)32(28,29)23-12-2-3-13-23/h4-11,21H,2-3,12-14H2,1H3,(H,22,24). The third kappa shape index (κ3) is 5.51. The van der Waals surface area contributed by atoms with E-state index in [1.807, 2.05) is 0 Å². The van der Waals surface area contributed by atoms with Crippen molar-refractivity contribution < 1.29 is 31.2 Å². The molecule has 2 N–H and O–H groups in total. The van der Waals surface area contributed by atoms with E-state index >= 15 is 0 Å². The molecule has 0 aliphatic carbocycles. The summed E-state index contributed by atoms with van der Waals surface area (Å²) in [6.45, 7) is 0.434. The molecule has 1 aliphatic rings. The van der Waals surface area contributed by atoms with Crippen molar-refractivity contribution in [1.29, 1.82) is 0 Å². The Hall–Kier alpha value is -2.80. The molecule has 0 radical (unpaired) electrons. The maximum Gasteiger partial charge on any atom is 0.338 e. The molecule has 1 heterocycles. The number of nitrogens with zero attached hydrogens (tertiary/aromatic N) is 1. The van der Waals surface area contributed by atoms with Gasteiger partial charge in [0.1, 0.15) is 0 Å². The molecule has 0 unspecified atom stereocenters. The molecular formula is C20H23N3O7S2. The van der Waals surface area contributed by atoms with Crippen molar-refractivity contribution >= 4 is 37.6 Å². The van der Waals surface area contributed by atoms with Crippen LogP contribution in [-0.4, -0.2) is 59.8 Å². The number of hydrogen-bond acceptors (Lipinski definition) is 7. The number of amides is 1. The number of rotatable bonds is 8. The molecule has 1 saturated heterocycles. The van der Waals surface area contributed by atoms with Gasteiger partial charge in [-0.2, -0.15) is 4.31 Å². The highest BCUT2D eigenvalue weighted by Gasteiger charge is 2.27. The van der Waals surface area contributed by atoms with E-state index in [0.29, 0.717) is 18.8 Å². The second kappa shape index (κ2) is 9.77. The lowest BCUT2D eigenvalue weighted by atomic mass is 10.2. The summed E-state index contributed by atoms with van der Waals surface area (Å²) in [5.41, 5.74) is 0.442. The molecule has 0 aromatic heterocycles. The summed E-state index contributed by atoms with van der Waals surface area (Å²) in [7, 11) is -5.89. The molecular weight excluding hydrogens is 458 g/mol. The predicted octanol–water partition coefficient (Wildman–Crippen LogP) is 1.17. The van der Waals surface area contributed by atoms with Crippen LogP contribution in [0.2, 0.25) is 0 Å². The fourth-order valence-corrected chi connectivity index (χ4v) is 5.33.